The number of hydrogen-bond donors (Lipinski definition) is 4. The fourth-order valence-electron chi connectivity index (χ4n) is 1.57. The van der Waals surface area contributed by atoms with Crippen LogP contribution in [-0.4, -0.2) is 77.1 Å². The maximum absolute atomic E-state index is 9.57. The van der Waals surface area contributed by atoms with E-state index >= 15 is 0 Å². The molecule has 2 saturated heterocycles. The van der Waals surface area contributed by atoms with Gasteiger partial charge < -0.3 is 34.6 Å². The third-order valence-electron chi connectivity index (χ3n) is 2.70. The number of hydrogen-bond acceptors (Lipinski definition) is 7. The molecule has 94 valence electrons. The van der Waals surface area contributed by atoms with Crippen molar-refractivity contribution in [1.82, 2.24) is 0 Å². The Labute approximate surface area is 92.2 Å². The fraction of sp³-hybridized carbons (Fsp3) is 1.00. The molecule has 2 rings (SSSR count). The van der Waals surface area contributed by atoms with Crippen molar-refractivity contribution in [3.05, 3.63) is 0 Å². The van der Waals surface area contributed by atoms with E-state index < -0.39 is 37.3 Å². The van der Waals surface area contributed by atoms with E-state index in [1.165, 1.54) is 0 Å². The van der Waals surface area contributed by atoms with Crippen molar-refractivity contribution < 1.29 is 34.6 Å². The quantitative estimate of drug-likeness (QED) is 0.390. The first-order valence-electron chi connectivity index (χ1n) is 5.17. The van der Waals surface area contributed by atoms with Crippen molar-refractivity contribution in [2.75, 3.05) is 19.8 Å². The van der Waals surface area contributed by atoms with Crippen molar-refractivity contribution in [2.45, 2.75) is 36.8 Å². The Morgan fingerprint density at radius 1 is 1.12 bits per heavy atom. The maximum atomic E-state index is 9.57. The molecule has 2 fully saturated rings. The summed E-state index contributed by atoms with van der Waals surface area (Å²) in [5, 5.41) is 37.4. The van der Waals surface area contributed by atoms with Gasteiger partial charge in [-0.1, -0.05) is 0 Å². The topological polar surface area (TPSA) is 112 Å². The number of epoxide rings is 1. The zero-order chi connectivity index (χ0) is 11.7. The first kappa shape index (κ1) is 12.2. The third-order valence-corrected chi connectivity index (χ3v) is 2.70. The Bertz CT molecular complexity index is 230. The molecule has 0 aromatic rings. The van der Waals surface area contributed by atoms with Crippen molar-refractivity contribution in [2.24, 2.45) is 0 Å². The standard InChI is InChI=1S/C9H16O7/c10-1-5-6(11)7(12)8(13)9(16-5)15-3-4-2-14-4/h4-13H,1-3H2/t4?,5-,6-,7+,8-,9-/m1/s1. The second-order valence-corrected chi connectivity index (χ2v) is 3.99. The minimum atomic E-state index is -1.39. The average molecular weight is 236 g/mol. The molecule has 0 amide bonds. The SMILES string of the molecule is OC[C@H]1O[C@@H](OCC2CO2)[C@H](O)[C@@H](O)[C@@H]1O. The Hall–Kier alpha value is -0.280. The summed E-state index contributed by atoms with van der Waals surface area (Å²) < 4.78 is 15.2. The Morgan fingerprint density at radius 3 is 2.38 bits per heavy atom. The van der Waals surface area contributed by atoms with E-state index in [1.807, 2.05) is 0 Å². The highest BCUT2D eigenvalue weighted by Gasteiger charge is 2.44. The molecule has 0 aromatic carbocycles. The van der Waals surface area contributed by atoms with E-state index in [4.69, 9.17) is 19.3 Å². The van der Waals surface area contributed by atoms with Crippen LogP contribution in [0.5, 0.6) is 0 Å². The van der Waals surface area contributed by atoms with Gasteiger partial charge in [-0.25, -0.2) is 0 Å². The van der Waals surface area contributed by atoms with Crippen LogP contribution in [0.25, 0.3) is 0 Å². The minimum absolute atomic E-state index is 0.00682. The Balaban J connectivity index is 1.89. The molecule has 0 saturated carbocycles. The molecule has 7 nitrogen and oxygen atoms in total. The molecule has 4 N–H and O–H groups in total. The van der Waals surface area contributed by atoms with Gasteiger partial charge in [0.2, 0.25) is 0 Å². The van der Waals surface area contributed by atoms with Crippen LogP contribution in [0, 0.1) is 0 Å². The molecule has 2 heterocycles. The highest BCUT2D eigenvalue weighted by Crippen LogP contribution is 2.23. The number of aliphatic hydroxyl groups excluding tert-OH is 4. The zero-order valence-corrected chi connectivity index (χ0v) is 8.60. The number of rotatable bonds is 4. The average Bonchev–Trinajstić information content (AvgIpc) is 3.09. The predicted molar refractivity (Wildman–Crippen MR) is 49.5 cm³/mol. The van der Waals surface area contributed by atoms with Gasteiger partial charge in [-0.05, 0) is 0 Å². The summed E-state index contributed by atoms with van der Waals surface area (Å²) in [4.78, 5) is 0. The lowest BCUT2D eigenvalue weighted by atomic mass is 9.99. The van der Waals surface area contributed by atoms with Crippen LogP contribution < -0.4 is 0 Å². The highest BCUT2D eigenvalue weighted by molar-refractivity contribution is 4.89. The largest absolute Gasteiger partial charge is 0.394 e. The third kappa shape index (κ3) is 2.51. The molecular formula is C9H16O7. The van der Waals surface area contributed by atoms with Crippen LogP contribution >= 0.6 is 0 Å². The summed E-state index contributed by atoms with van der Waals surface area (Å²) in [6.07, 6.45) is -6.06. The predicted octanol–water partition coefficient (Wildman–Crippen LogP) is -2.80. The van der Waals surface area contributed by atoms with Gasteiger partial charge in [0.15, 0.2) is 6.29 Å². The van der Waals surface area contributed by atoms with Gasteiger partial charge in [-0.2, -0.15) is 0 Å². The number of ether oxygens (including phenoxy) is 3. The first-order valence-corrected chi connectivity index (χ1v) is 5.17. The van der Waals surface area contributed by atoms with E-state index in [0.717, 1.165) is 0 Å². The molecule has 2 aliphatic rings. The van der Waals surface area contributed by atoms with Crippen molar-refractivity contribution >= 4 is 0 Å². The molecule has 0 spiro atoms. The second-order valence-electron chi connectivity index (χ2n) is 3.99. The summed E-state index contributed by atoms with van der Waals surface area (Å²) in [5.74, 6) is 0. The van der Waals surface area contributed by atoms with Crippen LogP contribution in [0.1, 0.15) is 0 Å². The summed E-state index contributed by atoms with van der Waals surface area (Å²) in [5.41, 5.74) is 0. The smallest absolute Gasteiger partial charge is 0.186 e. The van der Waals surface area contributed by atoms with Crippen molar-refractivity contribution in [3.8, 4) is 0 Å². The lowest BCUT2D eigenvalue weighted by Gasteiger charge is -2.39. The van der Waals surface area contributed by atoms with Crippen LogP contribution in [0.2, 0.25) is 0 Å². The van der Waals surface area contributed by atoms with Gasteiger partial charge in [-0.3, -0.25) is 0 Å². The molecule has 2 aliphatic heterocycles. The number of aliphatic hydroxyl groups is 4. The van der Waals surface area contributed by atoms with Crippen molar-refractivity contribution in [1.29, 1.82) is 0 Å². The van der Waals surface area contributed by atoms with E-state index in [-0.39, 0.29) is 12.7 Å². The molecule has 0 bridgehead atoms. The monoisotopic (exact) mass is 236 g/mol. The lowest BCUT2D eigenvalue weighted by molar-refractivity contribution is -0.301. The van der Waals surface area contributed by atoms with Crippen molar-refractivity contribution in [3.63, 3.8) is 0 Å². The Morgan fingerprint density at radius 2 is 1.81 bits per heavy atom. The molecule has 6 atom stereocenters. The summed E-state index contributed by atoms with van der Waals surface area (Å²) in [6.45, 7) is 0.408. The van der Waals surface area contributed by atoms with E-state index in [1.54, 1.807) is 0 Å². The van der Waals surface area contributed by atoms with E-state index in [0.29, 0.717) is 6.61 Å². The minimum Gasteiger partial charge on any atom is -0.394 e. The first-order chi connectivity index (χ1) is 7.63. The molecule has 0 radical (unpaired) electrons. The maximum Gasteiger partial charge on any atom is 0.186 e. The van der Waals surface area contributed by atoms with Crippen LogP contribution in [0.15, 0.2) is 0 Å². The molecular weight excluding hydrogens is 220 g/mol. The normalized spacial score (nSPS) is 48.0. The summed E-state index contributed by atoms with van der Waals surface area (Å²) >= 11 is 0. The van der Waals surface area contributed by atoms with Crippen LogP contribution in [0.4, 0.5) is 0 Å². The lowest BCUT2D eigenvalue weighted by Crippen LogP contribution is -2.59. The molecule has 7 heteroatoms. The fourth-order valence-corrected chi connectivity index (χ4v) is 1.57. The highest BCUT2D eigenvalue weighted by atomic mass is 16.7. The Kier molecular flexibility index (Phi) is 3.75. The van der Waals surface area contributed by atoms with Crippen LogP contribution in [0.3, 0.4) is 0 Å². The van der Waals surface area contributed by atoms with Gasteiger partial charge in [0.05, 0.1) is 19.8 Å². The van der Waals surface area contributed by atoms with E-state index in [9.17, 15) is 15.3 Å². The molecule has 16 heavy (non-hydrogen) atoms. The molecule has 1 unspecified atom stereocenters. The van der Waals surface area contributed by atoms with Gasteiger partial charge in [0.25, 0.3) is 0 Å². The molecule has 0 aromatic heterocycles. The van der Waals surface area contributed by atoms with Crippen LogP contribution in [-0.2, 0) is 14.2 Å². The van der Waals surface area contributed by atoms with Gasteiger partial charge >= 0.3 is 0 Å². The summed E-state index contributed by atoms with van der Waals surface area (Å²) in [7, 11) is 0. The second kappa shape index (κ2) is 4.92. The zero-order valence-electron chi connectivity index (χ0n) is 8.60. The van der Waals surface area contributed by atoms with Gasteiger partial charge in [0.1, 0.15) is 30.5 Å². The van der Waals surface area contributed by atoms with Gasteiger partial charge in [0, 0.05) is 0 Å². The van der Waals surface area contributed by atoms with E-state index in [2.05, 4.69) is 0 Å². The van der Waals surface area contributed by atoms with Gasteiger partial charge in [-0.15, -0.1) is 0 Å². The molecule has 0 aliphatic carbocycles. The summed E-state index contributed by atoms with van der Waals surface area (Å²) in [6, 6.07) is 0.